The number of carbonyl (C=O) groups excluding carboxylic acids is 4. The van der Waals surface area contributed by atoms with Crippen molar-refractivity contribution in [3.63, 3.8) is 0 Å². The Kier molecular flexibility index (Phi) is 8.46. The van der Waals surface area contributed by atoms with Gasteiger partial charge in [0.05, 0.1) is 22.3 Å². The van der Waals surface area contributed by atoms with Gasteiger partial charge in [-0.1, -0.05) is 11.6 Å². The molecular formula is C28H36ClN5O9. The van der Waals surface area contributed by atoms with Gasteiger partial charge in [-0.2, -0.15) is 0 Å². The average Bonchev–Trinajstić information content (AvgIpc) is 2.91. The Labute approximate surface area is 252 Å². The zero-order valence-corrected chi connectivity index (χ0v) is 25.4. The van der Waals surface area contributed by atoms with E-state index in [0.29, 0.717) is 24.3 Å². The zero-order valence-electron chi connectivity index (χ0n) is 24.7. The van der Waals surface area contributed by atoms with E-state index in [1.807, 2.05) is 0 Å². The number of likely N-dealkylation sites (N-methyl/N-ethyl adjacent to an activating group) is 1. The molecule has 3 aliphatic rings. The number of anilines is 2. The first-order valence-corrected chi connectivity index (χ1v) is 14.0. The predicted octanol–water partition coefficient (Wildman–Crippen LogP) is 1.49. The van der Waals surface area contributed by atoms with Crippen molar-refractivity contribution in [2.45, 2.75) is 38.3 Å². The van der Waals surface area contributed by atoms with E-state index >= 15 is 0 Å². The quantitative estimate of drug-likeness (QED) is 0.145. The third-order valence-electron chi connectivity index (χ3n) is 8.39. The molecule has 14 nitrogen and oxygen atoms in total. The highest BCUT2D eigenvalue weighted by Crippen LogP contribution is 2.56. The van der Waals surface area contributed by atoms with Crippen LogP contribution in [0.3, 0.4) is 0 Å². The van der Waals surface area contributed by atoms with Crippen LogP contribution in [-0.4, -0.2) is 107 Å². The molecule has 234 valence electrons. The lowest BCUT2D eigenvalue weighted by Gasteiger charge is -2.50. The molecule has 3 unspecified atom stereocenters. The molecule has 0 heterocycles. The van der Waals surface area contributed by atoms with Crippen LogP contribution >= 0.6 is 11.6 Å². The molecule has 3 aliphatic carbocycles. The Morgan fingerprint density at radius 3 is 2.23 bits per heavy atom. The van der Waals surface area contributed by atoms with Gasteiger partial charge in [0, 0.05) is 38.7 Å². The molecule has 1 fully saturated rings. The Morgan fingerprint density at radius 1 is 1.12 bits per heavy atom. The molecule has 0 aromatic heterocycles. The monoisotopic (exact) mass is 621 g/mol. The van der Waals surface area contributed by atoms with Crippen molar-refractivity contribution >= 4 is 52.3 Å². The third kappa shape index (κ3) is 4.78. The first-order chi connectivity index (χ1) is 20.0. The number of benzene rings is 1. The van der Waals surface area contributed by atoms with E-state index in [9.17, 15) is 39.6 Å². The molecule has 43 heavy (non-hydrogen) atoms. The van der Waals surface area contributed by atoms with Gasteiger partial charge in [-0.25, -0.2) is 4.79 Å². The van der Waals surface area contributed by atoms with E-state index in [2.05, 4.69) is 5.32 Å². The van der Waals surface area contributed by atoms with Gasteiger partial charge in [-0.3, -0.25) is 24.6 Å². The SMILES string of the molecule is CCN(CC)OC(=O)Nc1c(O)c2c(c(N(C)C)c1Cl)CC1CC3[C@H](N(C)C)C(=O)C(C(N)=O)=C(O)C3(O)C(=O)C1=C2O. The lowest BCUT2D eigenvalue weighted by atomic mass is 9.57. The Hall–Kier alpha value is -3.85. The number of phenols is 1. The molecule has 4 atom stereocenters. The second-order valence-electron chi connectivity index (χ2n) is 11.2. The van der Waals surface area contributed by atoms with Gasteiger partial charge < -0.3 is 35.9 Å². The van der Waals surface area contributed by atoms with Crippen molar-refractivity contribution in [3.05, 3.63) is 33.1 Å². The average molecular weight is 622 g/mol. The summed E-state index contributed by atoms with van der Waals surface area (Å²) >= 11 is 6.70. The lowest BCUT2D eigenvalue weighted by Crippen LogP contribution is -2.65. The number of hydrogen-bond donors (Lipinski definition) is 6. The molecule has 7 N–H and O–H groups in total. The van der Waals surface area contributed by atoms with Crippen molar-refractivity contribution in [1.82, 2.24) is 9.96 Å². The summed E-state index contributed by atoms with van der Waals surface area (Å²) in [5.41, 5.74) is 1.53. The number of amides is 2. The number of hydrogen-bond acceptors (Lipinski definition) is 12. The van der Waals surface area contributed by atoms with E-state index in [1.165, 1.54) is 24.1 Å². The van der Waals surface area contributed by atoms with Crippen LogP contribution in [0.2, 0.25) is 5.02 Å². The number of Topliss-reactive ketones (excluding diaryl/α,β-unsaturated/α-hetero) is 2. The smallest absolute Gasteiger partial charge is 0.430 e. The van der Waals surface area contributed by atoms with Crippen LogP contribution in [0.4, 0.5) is 16.2 Å². The Morgan fingerprint density at radius 2 is 1.72 bits per heavy atom. The highest BCUT2D eigenvalue weighted by Gasteiger charge is 2.64. The highest BCUT2D eigenvalue weighted by atomic mass is 35.5. The molecule has 2 amide bonds. The maximum absolute atomic E-state index is 14.1. The molecule has 0 spiro atoms. The molecule has 4 rings (SSSR count). The topological polar surface area (TPSA) is 206 Å². The van der Waals surface area contributed by atoms with Gasteiger partial charge in [0.25, 0.3) is 5.91 Å². The lowest BCUT2D eigenvalue weighted by molar-refractivity contribution is -0.153. The number of hydroxylamine groups is 2. The van der Waals surface area contributed by atoms with Crippen LogP contribution in [0.15, 0.2) is 16.9 Å². The minimum absolute atomic E-state index is 0.0273. The highest BCUT2D eigenvalue weighted by molar-refractivity contribution is 6.37. The Balaban J connectivity index is 1.94. The van der Waals surface area contributed by atoms with Crippen molar-refractivity contribution in [2.75, 3.05) is 51.5 Å². The summed E-state index contributed by atoms with van der Waals surface area (Å²) in [6, 6.07) is -1.20. The summed E-state index contributed by atoms with van der Waals surface area (Å²) in [7, 11) is 6.37. The van der Waals surface area contributed by atoms with Gasteiger partial charge in [-0.05, 0) is 52.3 Å². The van der Waals surface area contributed by atoms with Gasteiger partial charge in [-0.15, -0.1) is 5.06 Å². The summed E-state index contributed by atoms with van der Waals surface area (Å²) in [5.74, 6) is -7.87. The summed E-state index contributed by atoms with van der Waals surface area (Å²) in [6.45, 7) is 4.31. The van der Waals surface area contributed by atoms with E-state index < -0.39 is 69.9 Å². The van der Waals surface area contributed by atoms with Crippen molar-refractivity contribution < 1.29 is 44.4 Å². The standard InChI is InChI=1S/C28H36ClN5O9/c1-7-34(8-2)43-27(41)31-18-17(29)19(32(3)4)12-9-11-10-13-20(33(5)6)23(37)16(26(30)40)25(39)28(13,42)24(38)14(11)21(35)15(12)22(18)36/h11,13,20,35-36,39,42H,7-10H2,1-6H3,(H2,30,40)(H,31,41)/t11?,13?,20-,28?/m0/s1. The number of nitrogens with two attached hydrogens (primary N) is 1. The summed E-state index contributed by atoms with van der Waals surface area (Å²) in [6.07, 6.45) is -1.01. The van der Waals surface area contributed by atoms with Gasteiger partial charge >= 0.3 is 6.09 Å². The number of carbonyl (C=O) groups is 4. The normalized spacial score (nSPS) is 25.0. The number of fused-ring (bicyclic) bond motifs is 3. The second kappa shape index (κ2) is 11.3. The molecule has 1 saturated carbocycles. The van der Waals surface area contributed by atoms with Gasteiger partial charge in [0.2, 0.25) is 5.78 Å². The predicted molar refractivity (Wildman–Crippen MR) is 157 cm³/mol. The fraction of sp³-hybridized carbons (Fsp3) is 0.500. The number of aliphatic hydroxyl groups excluding tert-OH is 2. The Bertz CT molecular complexity index is 1480. The molecule has 15 heteroatoms. The molecule has 0 bridgehead atoms. The molecule has 0 aliphatic heterocycles. The van der Waals surface area contributed by atoms with Crippen LogP contribution in [-0.2, 0) is 25.6 Å². The fourth-order valence-electron chi connectivity index (χ4n) is 6.50. The molecule has 1 aromatic rings. The largest absolute Gasteiger partial charge is 0.508 e. The molecular weight excluding hydrogens is 586 g/mol. The minimum Gasteiger partial charge on any atom is -0.508 e. The number of aromatic hydroxyl groups is 1. The van der Waals surface area contributed by atoms with Crippen molar-refractivity contribution in [1.29, 1.82) is 0 Å². The third-order valence-corrected chi connectivity index (χ3v) is 8.76. The van der Waals surface area contributed by atoms with Crippen molar-refractivity contribution in [2.24, 2.45) is 17.6 Å². The van der Waals surface area contributed by atoms with Gasteiger partial charge in [0.1, 0.15) is 22.8 Å². The van der Waals surface area contributed by atoms with Crippen LogP contribution in [0, 0.1) is 11.8 Å². The number of ketones is 2. The minimum atomic E-state index is -2.77. The summed E-state index contributed by atoms with van der Waals surface area (Å²) < 4.78 is 0. The summed E-state index contributed by atoms with van der Waals surface area (Å²) in [4.78, 5) is 60.4. The number of primary amides is 1. The van der Waals surface area contributed by atoms with E-state index in [-0.39, 0.29) is 34.7 Å². The van der Waals surface area contributed by atoms with Gasteiger partial charge in [0.15, 0.2) is 17.1 Å². The number of nitrogens with one attached hydrogen (secondary N) is 1. The van der Waals surface area contributed by atoms with Crippen LogP contribution in [0.5, 0.6) is 5.75 Å². The number of phenolic OH excluding ortho intramolecular Hbond substituents is 1. The second-order valence-corrected chi connectivity index (χ2v) is 11.6. The maximum Gasteiger partial charge on any atom is 0.430 e. The van der Waals surface area contributed by atoms with Crippen molar-refractivity contribution in [3.8, 4) is 5.75 Å². The van der Waals surface area contributed by atoms with E-state index in [1.54, 1.807) is 32.8 Å². The zero-order chi connectivity index (χ0) is 32.3. The van der Waals surface area contributed by atoms with Crippen LogP contribution in [0.25, 0.3) is 5.76 Å². The van der Waals surface area contributed by atoms with E-state index in [4.69, 9.17) is 22.2 Å². The number of nitrogens with zero attached hydrogens (tertiary/aromatic N) is 3. The first kappa shape index (κ1) is 32.1. The number of aliphatic hydroxyl groups is 3. The molecule has 1 aromatic carbocycles. The van der Waals surface area contributed by atoms with Crippen LogP contribution in [0.1, 0.15) is 31.4 Å². The fourth-order valence-corrected chi connectivity index (χ4v) is 6.92. The summed E-state index contributed by atoms with van der Waals surface area (Å²) in [5, 5.41) is 49.4. The molecule has 0 radical (unpaired) electrons. The maximum atomic E-state index is 14.1. The first-order valence-electron chi connectivity index (χ1n) is 13.7. The van der Waals surface area contributed by atoms with Crippen LogP contribution < -0.4 is 16.0 Å². The molecule has 0 saturated heterocycles. The number of rotatable bonds is 7. The van der Waals surface area contributed by atoms with E-state index in [0.717, 1.165) is 0 Å². The number of halogens is 1.